The van der Waals surface area contributed by atoms with Crippen molar-refractivity contribution in [3.8, 4) is 0 Å². The molecule has 0 aliphatic heterocycles. The minimum absolute atomic E-state index is 0.155. The van der Waals surface area contributed by atoms with Crippen LogP contribution in [0.15, 0.2) is 0 Å². The molecule has 49 valence electrons. The van der Waals surface area contributed by atoms with Gasteiger partial charge in [-0.3, -0.25) is 0 Å². The second-order valence-electron chi connectivity index (χ2n) is 1.90. The standard InChI is InChI=1S/C6H11Cl2/c1-3-6(8)4-5(2)7/h5-6H,1,3-4H2,2H3. The van der Waals surface area contributed by atoms with Crippen molar-refractivity contribution in [1.29, 1.82) is 0 Å². The first-order valence-electron chi connectivity index (χ1n) is 2.74. The lowest BCUT2D eigenvalue weighted by molar-refractivity contribution is 0.743. The molecule has 8 heavy (non-hydrogen) atoms. The van der Waals surface area contributed by atoms with Crippen molar-refractivity contribution >= 4 is 23.2 Å². The minimum atomic E-state index is 0.155. The monoisotopic (exact) mass is 153 g/mol. The van der Waals surface area contributed by atoms with E-state index in [9.17, 15) is 0 Å². The van der Waals surface area contributed by atoms with E-state index in [4.69, 9.17) is 23.2 Å². The number of hydrogen-bond donors (Lipinski definition) is 0. The van der Waals surface area contributed by atoms with Crippen LogP contribution in [0.25, 0.3) is 0 Å². The van der Waals surface area contributed by atoms with Gasteiger partial charge in [0.05, 0.1) is 0 Å². The Morgan fingerprint density at radius 1 is 1.50 bits per heavy atom. The normalized spacial score (nSPS) is 18.0. The molecule has 0 rings (SSSR count). The zero-order valence-corrected chi connectivity index (χ0v) is 6.54. The minimum Gasteiger partial charge on any atom is -0.123 e. The van der Waals surface area contributed by atoms with Crippen LogP contribution in [0.3, 0.4) is 0 Å². The fraction of sp³-hybridized carbons (Fsp3) is 0.833. The van der Waals surface area contributed by atoms with Crippen LogP contribution in [0.2, 0.25) is 0 Å². The Hall–Kier alpha value is 0.580. The maximum absolute atomic E-state index is 5.71. The Labute approximate surface area is 61.2 Å². The van der Waals surface area contributed by atoms with Gasteiger partial charge < -0.3 is 0 Å². The zero-order chi connectivity index (χ0) is 6.57. The largest absolute Gasteiger partial charge is 0.123 e. The van der Waals surface area contributed by atoms with Crippen LogP contribution in [0, 0.1) is 6.92 Å². The van der Waals surface area contributed by atoms with Gasteiger partial charge in [0.1, 0.15) is 0 Å². The van der Waals surface area contributed by atoms with Crippen LogP contribution in [0.1, 0.15) is 19.8 Å². The lowest BCUT2D eigenvalue weighted by atomic mass is 10.2. The SMILES string of the molecule is [CH2]CC(Cl)CC(C)Cl. The third-order valence-electron chi connectivity index (χ3n) is 0.894. The van der Waals surface area contributed by atoms with E-state index in [0.29, 0.717) is 0 Å². The molecule has 2 unspecified atom stereocenters. The molecule has 0 fully saturated rings. The average molecular weight is 154 g/mol. The number of halogens is 2. The Morgan fingerprint density at radius 3 is 2.12 bits per heavy atom. The molecule has 0 N–H and O–H groups in total. The van der Waals surface area contributed by atoms with E-state index in [1.807, 2.05) is 6.92 Å². The maximum Gasteiger partial charge on any atom is 0.0350 e. The molecule has 0 saturated heterocycles. The zero-order valence-electron chi connectivity index (χ0n) is 5.03. The number of hydrogen-bond acceptors (Lipinski definition) is 0. The van der Waals surface area contributed by atoms with Crippen molar-refractivity contribution in [3.63, 3.8) is 0 Å². The van der Waals surface area contributed by atoms with Gasteiger partial charge in [0, 0.05) is 10.8 Å². The van der Waals surface area contributed by atoms with Crippen molar-refractivity contribution in [3.05, 3.63) is 6.92 Å². The van der Waals surface area contributed by atoms with Crippen molar-refractivity contribution < 1.29 is 0 Å². The summed E-state index contributed by atoms with van der Waals surface area (Å²) >= 11 is 11.4. The summed E-state index contributed by atoms with van der Waals surface area (Å²) in [4.78, 5) is 0. The molecular formula is C6H11Cl2. The highest BCUT2D eigenvalue weighted by atomic mass is 35.5. The van der Waals surface area contributed by atoms with Gasteiger partial charge in [-0.15, -0.1) is 23.2 Å². The smallest absolute Gasteiger partial charge is 0.0350 e. The van der Waals surface area contributed by atoms with Gasteiger partial charge in [-0.25, -0.2) is 0 Å². The van der Waals surface area contributed by atoms with Crippen molar-refractivity contribution in [1.82, 2.24) is 0 Å². The highest BCUT2D eigenvalue weighted by Crippen LogP contribution is 2.12. The van der Waals surface area contributed by atoms with Gasteiger partial charge in [0.25, 0.3) is 0 Å². The van der Waals surface area contributed by atoms with Crippen LogP contribution >= 0.6 is 23.2 Å². The third-order valence-corrected chi connectivity index (χ3v) is 1.47. The molecule has 0 saturated carbocycles. The van der Waals surface area contributed by atoms with Crippen LogP contribution in [0.5, 0.6) is 0 Å². The number of alkyl halides is 2. The summed E-state index contributed by atoms with van der Waals surface area (Å²) in [6.45, 7) is 5.59. The molecule has 0 nitrogen and oxygen atoms in total. The fourth-order valence-corrected chi connectivity index (χ4v) is 1.04. The third kappa shape index (κ3) is 4.73. The summed E-state index contributed by atoms with van der Waals surface area (Å²) in [6.07, 6.45) is 1.62. The summed E-state index contributed by atoms with van der Waals surface area (Å²) in [5.41, 5.74) is 0. The van der Waals surface area contributed by atoms with Crippen molar-refractivity contribution in [2.24, 2.45) is 0 Å². The molecular weight excluding hydrogens is 143 g/mol. The van der Waals surface area contributed by atoms with Crippen molar-refractivity contribution in [2.75, 3.05) is 0 Å². The van der Waals surface area contributed by atoms with E-state index in [2.05, 4.69) is 6.92 Å². The van der Waals surface area contributed by atoms with Crippen LogP contribution in [-0.2, 0) is 0 Å². The molecule has 2 heteroatoms. The molecule has 0 bridgehead atoms. The van der Waals surface area contributed by atoms with Gasteiger partial charge in [-0.05, 0) is 19.8 Å². The van der Waals surface area contributed by atoms with E-state index in [1.54, 1.807) is 0 Å². The molecule has 1 radical (unpaired) electrons. The molecule has 0 aliphatic rings. The first-order chi connectivity index (χ1) is 3.66. The lowest BCUT2D eigenvalue weighted by Crippen LogP contribution is -2.02. The Morgan fingerprint density at radius 2 is 2.00 bits per heavy atom. The van der Waals surface area contributed by atoms with E-state index in [-0.39, 0.29) is 10.8 Å². The molecule has 0 aromatic carbocycles. The van der Waals surface area contributed by atoms with Crippen LogP contribution in [0.4, 0.5) is 0 Å². The van der Waals surface area contributed by atoms with Gasteiger partial charge in [-0.1, -0.05) is 6.92 Å². The molecule has 0 aromatic rings. The molecule has 0 amide bonds. The predicted molar refractivity (Wildman–Crippen MR) is 39.5 cm³/mol. The van der Waals surface area contributed by atoms with E-state index < -0.39 is 0 Å². The highest BCUT2D eigenvalue weighted by Gasteiger charge is 2.04. The summed E-state index contributed by atoms with van der Waals surface area (Å²) in [7, 11) is 0. The van der Waals surface area contributed by atoms with Gasteiger partial charge >= 0.3 is 0 Å². The summed E-state index contributed by atoms with van der Waals surface area (Å²) in [5, 5.41) is 0.335. The van der Waals surface area contributed by atoms with E-state index >= 15 is 0 Å². The Bertz CT molecular complexity index is 52.5. The fourth-order valence-electron chi connectivity index (χ4n) is 0.470. The van der Waals surface area contributed by atoms with Crippen molar-refractivity contribution in [2.45, 2.75) is 30.5 Å². The van der Waals surface area contributed by atoms with E-state index in [0.717, 1.165) is 12.8 Å². The Balaban J connectivity index is 3.10. The molecule has 0 aliphatic carbocycles. The quantitative estimate of drug-likeness (QED) is 0.548. The Kier molecular flexibility index (Phi) is 4.78. The molecule has 0 spiro atoms. The van der Waals surface area contributed by atoms with Gasteiger partial charge in [-0.2, -0.15) is 0 Å². The van der Waals surface area contributed by atoms with E-state index in [1.165, 1.54) is 0 Å². The topological polar surface area (TPSA) is 0 Å². The molecule has 0 aromatic heterocycles. The predicted octanol–water partition coefficient (Wildman–Crippen LogP) is 2.84. The lowest BCUT2D eigenvalue weighted by Gasteiger charge is -2.05. The molecule has 2 atom stereocenters. The van der Waals surface area contributed by atoms with Gasteiger partial charge in [0.15, 0.2) is 0 Å². The van der Waals surface area contributed by atoms with Gasteiger partial charge in [0.2, 0.25) is 0 Å². The second-order valence-corrected chi connectivity index (χ2v) is 3.26. The first kappa shape index (κ1) is 8.58. The highest BCUT2D eigenvalue weighted by molar-refractivity contribution is 6.23. The molecule has 0 heterocycles. The second kappa shape index (κ2) is 4.46. The van der Waals surface area contributed by atoms with Crippen LogP contribution in [-0.4, -0.2) is 10.8 Å². The summed E-state index contributed by atoms with van der Waals surface area (Å²) < 4.78 is 0. The summed E-state index contributed by atoms with van der Waals surface area (Å²) in [6, 6.07) is 0. The summed E-state index contributed by atoms with van der Waals surface area (Å²) in [5.74, 6) is 0. The van der Waals surface area contributed by atoms with Crippen LogP contribution < -0.4 is 0 Å². The maximum atomic E-state index is 5.71. The first-order valence-corrected chi connectivity index (χ1v) is 3.61. The average Bonchev–Trinajstić information content (AvgIpc) is 1.65. The number of rotatable bonds is 3.